The van der Waals surface area contributed by atoms with Gasteiger partial charge >= 0.3 is 0 Å². The second-order valence-electron chi connectivity index (χ2n) is 5.39. The molecule has 2 aromatic heterocycles. The number of fused-ring (bicyclic) bond motifs is 1. The Balaban J connectivity index is 1.60. The Morgan fingerprint density at radius 3 is 3.11 bits per heavy atom. The average Bonchev–Trinajstić information content (AvgIpc) is 2.96. The highest BCUT2D eigenvalue weighted by molar-refractivity contribution is 5.47. The van der Waals surface area contributed by atoms with Gasteiger partial charge in [-0.1, -0.05) is 0 Å². The fourth-order valence-corrected chi connectivity index (χ4v) is 2.80. The molecule has 1 saturated carbocycles. The monoisotopic (exact) mass is 259 g/mol. The lowest BCUT2D eigenvalue weighted by atomic mass is 10.2. The van der Waals surface area contributed by atoms with E-state index in [1.165, 1.54) is 25.7 Å². The maximum absolute atomic E-state index is 4.25. The van der Waals surface area contributed by atoms with Crippen LogP contribution in [-0.2, 0) is 0 Å². The molecule has 1 unspecified atom stereocenters. The topological polar surface area (TPSA) is 71.2 Å². The third-order valence-corrected chi connectivity index (χ3v) is 3.98. The van der Waals surface area contributed by atoms with Crippen molar-refractivity contribution in [3.63, 3.8) is 0 Å². The van der Waals surface area contributed by atoms with Gasteiger partial charge < -0.3 is 10.2 Å². The predicted molar refractivity (Wildman–Crippen MR) is 70.0 cm³/mol. The Morgan fingerprint density at radius 2 is 2.21 bits per heavy atom. The summed E-state index contributed by atoms with van der Waals surface area (Å²) < 4.78 is 1.78. The minimum atomic E-state index is 0.525. The van der Waals surface area contributed by atoms with Crippen molar-refractivity contribution in [1.82, 2.24) is 30.3 Å². The van der Waals surface area contributed by atoms with E-state index in [2.05, 4.69) is 30.7 Å². The summed E-state index contributed by atoms with van der Waals surface area (Å²) in [5, 5.41) is 15.4. The second-order valence-corrected chi connectivity index (χ2v) is 5.39. The Kier molecular flexibility index (Phi) is 2.58. The van der Waals surface area contributed by atoms with E-state index in [-0.39, 0.29) is 0 Å². The molecule has 19 heavy (non-hydrogen) atoms. The fraction of sp³-hybridized carbons (Fsp3) is 0.667. The van der Waals surface area contributed by atoms with Gasteiger partial charge in [0.1, 0.15) is 0 Å². The Labute approximate surface area is 111 Å². The molecule has 1 atom stereocenters. The molecule has 7 nitrogen and oxygen atoms in total. The molecule has 1 aliphatic carbocycles. The van der Waals surface area contributed by atoms with Crippen LogP contribution < -0.4 is 10.2 Å². The Hall–Kier alpha value is -1.76. The van der Waals surface area contributed by atoms with Gasteiger partial charge in [-0.15, -0.1) is 5.10 Å². The van der Waals surface area contributed by atoms with Crippen LogP contribution in [0.4, 0.5) is 5.82 Å². The molecule has 4 rings (SSSR count). The summed E-state index contributed by atoms with van der Waals surface area (Å²) in [5.41, 5.74) is 0.707. The van der Waals surface area contributed by atoms with Gasteiger partial charge in [-0.25, -0.2) is 0 Å². The molecule has 0 radical (unpaired) electrons. The maximum Gasteiger partial charge on any atom is 0.199 e. The van der Waals surface area contributed by atoms with E-state index in [0.29, 0.717) is 11.7 Å². The summed E-state index contributed by atoms with van der Waals surface area (Å²) in [6.07, 6.45) is 8.65. The fourth-order valence-electron chi connectivity index (χ4n) is 2.80. The van der Waals surface area contributed by atoms with Crippen molar-refractivity contribution in [3.05, 3.63) is 12.4 Å². The summed E-state index contributed by atoms with van der Waals surface area (Å²) in [4.78, 5) is 6.63. The molecule has 2 aromatic rings. The first kappa shape index (κ1) is 11.1. The van der Waals surface area contributed by atoms with E-state index < -0.39 is 0 Å². The summed E-state index contributed by atoms with van der Waals surface area (Å²) in [5.74, 6) is 1.00. The van der Waals surface area contributed by atoms with Crippen LogP contribution in [0, 0.1) is 0 Å². The second kappa shape index (κ2) is 4.41. The van der Waals surface area contributed by atoms with Gasteiger partial charge in [-0.3, -0.25) is 4.98 Å². The van der Waals surface area contributed by atoms with Crippen molar-refractivity contribution >= 4 is 11.5 Å². The molecule has 0 bridgehead atoms. The van der Waals surface area contributed by atoms with Gasteiger partial charge in [0, 0.05) is 25.2 Å². The normalized spacial score (nSPS) is 23.4. The highest BCUT2D eigenvalue weighted by atomic mass is 15.5. The number of anilines is 1. The minimum absolute atomic E-state index is 0.525. The maximum atomic E-state index is 4.25. The lowest BCUT2D eigenvalue weighted by Gasteiger charge is -2.26. The van der Waals surface area contributed by atoms with Crippen molar-refractivity contribution in [1.29, 1.82) is 0 Å². The van der Waals surface area contributed by atoms with Crippen molar-refractivity contribution in [2.45, 2.75) is 37.8 Å². The highest BCUT2D eigenvalue weighted by Crippen LogP contribution is 2.25. The largest absolute Gasteiger partial charge is 0.351 e. The third kappa shape index (κ3) is 2.03. The van der Waals surface area contributed by atoms with Crippen LogP contribution in [0.3, 0.4) is 0 Å². The average molecular weight is 259 g/mol. The van der Waals surface area contributed by atoms with Gasteiger partial charge in [0.15, 0.2) is 11.5 Å². The summed E-state index contributed by atoms with van der Waals surface area (Å²) in [6.45, 7) is 2.10. The highest BCUT2D eigenvalue weighted by Gasteiger charge is 2.29. The molecule has 2 fully saturated rings. The third-order valence-electron chi connectivity index (χ3n) is 3.98. The van der Waals surface area contributed by atoms with E-state index in [0.717, 1.165) is 24.9 Å². The lowest BCUT2D eigenvalue weighted by Crippen LogP contribution is -2.39. The zero-order valence-corrected chi connectivity index (χ0v) is 10.7. The van der Waals surface area contributed by atoms with Crippen LogP contribution in [0.2, 0.25) is 0 Å². The van der Waals surface area contributed by atoms with Crippen molar-refractivity contribution < 1.29 is 0 Å². The van der Waals surface area contributed by atoms with Gasteiger partial charge in [0.2, 0.25) is 0 Å². The first-order chi connectivity index (χ1) is 9.42. The van der Waals surface area contributed by atoms with Crippen molar-refractivity contribution in [3.8, 4) is 0 Å². The Bertz CT molecular complexity index is 576. The number of nitrogens with zero attached hydrogens (tertiary/aromatic N) is 6. The lowest BCUT2D eigenvalue weighted by molar-refractivity contribution is 0.564. The van der Waals surface area contributed by atoms with Gasteiger partial charge in [-0.05, 0) is 36.1 Å². The molecule has 0 spiro atoms. The molecule has 1 aliphatic heterocycles. The first-order valence-electron chi connectivity index (χ1n) is 6.94. The van der Waals surface area contributed by atoms with E-state index in [4.69, 9.17) is 0 Å². The van der Waals surface area contributed by atoms with Crippen molar-refractivity contribution in [2.24, 2.45) is 0 Å². The Morgan fingerprint density at radius 1 is 1.26 bits per heavy atom. The molecule has 0 amide bonds. The van der Waals surface area contributed by atoms with Crippen LogP contribution in [0.15, 0.2) is 12.4 Å². The van der Waals surface area contributed by atoms with Crippen molar-refractivity contribution in [2.75, 3.05) is 18.0 Å². The molecule has 3 heterocycles. The standard InChI is InChI=1S/C12H17N7/c1-2-10(6-14-9-3-4-9)18(5-1)12-8-13-7-11-15-16-17-19(11)12/h7-10,14H,1-6H2. The SMILES string of the molecule is c1ncc2nnnn2c1N1CCCC1CNC1CC1. The molecular formula is C12H17N7. The summed E-state index contributed by atoms with van der Waals surface area (Å²) in [7, 11) is 0. The van der Waals surface area contributed by atoms with Crippen LogP contribution in [-0.4, -0.2) is 50.2 Å². The molecule has 0 aromatic carbocycles. The summed E-state index contributed by atoms with van der Waals surface area (Å²) >= 11 is 0. The molecular weight excluding hydrogens is 242 g/mol. The van der Waals surface area contributed by atoms with Crippen LogP contribution in [0.5, 0.6) is 0 Å². The van der Waals surface area contributed by atoms with E-state index in [1.54, 1.807) is 10.7 Å². The number of rotatable bonds is 4. The smallest absolute Gasteiger partial charge is 0.199 e. The zero-order valence-electron chi connectivity index (χ0n) is 10.7. The zero-order chi connectivity index (χ0) is 12.7. The van der Waals surface area contributed by atoms with Gasteiger partial charge in [0.05, 0.1) is 12.4 Å². The van der Waals surface area contributed by atoms with Gasteiger partial charge in [-0.2, -0.15) is 4.52 Å². The number of hydrogen-bond acceptors (Lipinski definition) is 6. The van der Waals surface area contributed by atoms with Crippen LogP contribution in [0.25, 0.3) is 5.65 Å². The summed E-state index contributed by atoms with van der Waals surface area (Å²) in [6, 6.07) is 1.28. The molecule has 100 valence electrons. The predicted octanol–water partition coefficient (Wildman–Crippen LogP) is 0.240. The molecule has 1 N–H and O–H groups in total. The van der Waals surface area contributed by atoms with Gasteiger partial charge in [0.25, 0.3) is 0 Å². The number of tetrazole rings is 1. The first-order valence-corrected chi connectivity index (χ1v) is 6.94. The van der Waals surface area contributed by atoms with Crippen LogP contribution in [0.1, 0.15) is 25.7 Å². The number of aromatic nitrogens is 5. The molecule has 2 aliphatic rings. The van der Waals surface area contributed by atoms with E-state index in [9.17, 15) is 0 Å². The quantitative estimate of drug-likeness (QED) is 0.848. The van der Waals surface area contributed by atoms with E-state index >= 15 is 0 Å². The molecule has 7 heteroatoms. The minimum Gasteiger partial charge on any atom is -0.351 e. The van der Waals surface area contributed by atoms with Crippen LogP contribution >= 0.6 is 0 Å². The number of nitrogens with one attached hydrogen (secondary N) is 1. The van der Waals surface area contributed by atoms with E-state index in [1.807, 2.05) is 6.20 Å². The number of hydrogen-bond donors (Lipinski definition) is 1. The molecule has 1 saturated heterocycles.